The number of thiophene rings is 1. The summed E-state index contributed by atoms with van der Waals surface area (Å²) in [5.74, 6) is 2.11. The van der Waals surface area contributed by atoms with Crippen LogP contribution in [0, 0.1) is 23.2 Å². The zero-order chi connectivity index (χ0) is 19.5. The molecule has 0 saturated heterocycles. The predicted octanol–water partition coefficient (Wildman–Crippen LogP) is 5.35. The molecule has 1 N–H and O–H groups in total. The van der Waals surface area contributed by atoms with Gasteiger partial charge in [-0.05, 0) is 101 Å². The van der Waals surface area contributed by atoms with Gasteiger partial charge in [0.05, 0.1) is 17.1 Å². The average Bonchev–Trinajstić information content (AvgIpc) is 2.97. The molecule has 5 heteroatoms. The van der Waals surface area contributed by atoms with Crippen LogP contribution in [-0.2, 0) is 22.4 Å². The number of amides is 1. The number of hydrogen-bond acceptors (Lipinski definition) is 4. The van der Waals surface area contributed by atoms with Gasteiger partial charge in [0.2, 0.25) is 5.91 Å². The number of aryl methyl sites for hydroxylation is 1. The van der Waals surface area contributed by atoms with Gasteiger partial charge in [-0.25, -0.2) is 4.79 Å². The monoisotopic (exact) mass is 401 g/mol. The fourth-order valence-electron chi connectivity index (χ4n) is 6.77. The van der Waals surface area contributed by atoms with Crippen LogP contribution in [0.2, 0.25) is 0 Å². The lowest BCUT2D eigenvalue weighted by Gasteiger charge is -2.55. The molecule has 4 nitrogen and oxygen atoms in total. The van der Waals surface area contributed by atoms with Crippen LogP contribution >= 0.6 is 11.3 Å². The summed E-state index contributed by atoms with van der Waals surface area (Å²) in [4.78, 5) is 27.7. The van der Waals surface area contributed by atoms with E-state index in [4.69, 9.17) is 4.74 Å². The minimum atomic E-state index is -0.268. The van der Waals surface area contributed by atoms with Gasteiger partial charge in [-0.3, -0.25) is 4.79 Å². The molecule has 4 bridgehead atoms. The minimum absolute atomic E-state index is 0.154. The first-order chi connectivity index (χ1) is 13.4. The Hall–Kier alpha value is -1.36. The maximum atomic E-state index is 13.5. The lowest BCUT2D eigenvalue weighted by molar-refractivity contribution is -0.140. The number of rotatable bonds is 4. The normalized spacial score (nSPS) is 33.0. The third kappa shape index (κ3) is 3.10. The van der Waals surface area contributed by atoms with Crippen molar-refractivity contribution in [3.8, 4) is 0 Å². The van der Waals surface area contributed by atoms with Crippen molar-refractivity contribution in [3.63, 3.8) is 0 Å². The minimum Gasteiger partial charge on any atom is -0.459 e. The molecular weight excluding hydrogens is 370 g/mol. The Morgan fingerprint density at radius 3 is 2.25 bits per heavy atom. The van der Waals surface area contributed by atoms with Gasteiger partial charge in [0.25, 0.3) is 0 Å². The molecule has 0 radical (unpaired) electrons. The lowest BCUT2D eigenvalue weighted by atomic mass is 9.49. The van der Waals surface area contributed by atoms with Gasteiger partial charge < -0.3 is 10.1 Å². The van der Waals surface area contributed by atoms with Crippen LogP contribution in [0.1, 0.15) is 86.0 Å². The van der Waals surface area contributed by atoms with Crippen molar-refractivity contribution in [2.75, 3.05) is 5.32 Å². The van der Waals surface area contributed by atoms with Crippen molar-refractivity contribution in [1.82, 2.24) is 0 Å². The third-order valence-electron chi connectivity index (χ3n) is 7.47. The van der Waals surface area contributed by atoms with Gasteiger partial charge in [0.15, 0.2) is 0 Å². The van der Waals surface area contributed by atoms with Crippen LogP contribution in [0.5, 0.6) is 0 Å². The van der Waals surface area contributed by atoms with Crippen molar-refractivity contribution in [3.05, 3.63) is 16.0 Å². The van der Waals surface area contributed by atoms with Gasteiger partial charge in [-0.2, -0.15) is 0 Å². The number of carbonyl (C=O) groups excluding carboxylic acids is 2. The summed E-state index contributed by atoms with van der Waals surface area (Å²) in [7, 11) is 0. The van der Waals surface area contributed by atoms with Crippen LogP contribution in [0.3, 0.4) is 0 Å². The Balaban J connectivity index is 1.44. The molecule has 1 amide bonds. The number of esters is 1. The van der Waals surface area contributed by atoms with Gasteiger partial charge in [-0.15, -0.1) is 11.3 Å². The summed E-state index contributed by atoms with van der Waals surface area (Å²) in [6.45, 7) is 3.76. The molecule has 5 aliphatic rings. The number of ether oxygens (including phenoxy) is 1. The van der Waals surface area contributed by atoms with E-state index in [-0.39, 0.29) is 23.4 Å². The Kier molecular flexibility index (Phi) is 4.57. The first-order valence-electron chi connectivity index (χ1n) is 11.1. The van der Waals surface area contributed by atoms with E-state index in [1.165, 1.54) is 24.1 Å². The summed E-state index contributed by atoms with van der Waals surface area (Å²) in [6, 6.07) is 0. The highest BCUT2D eigenvalue weighted by atomic mass is 32.1. The highest BCUT2D eigenvalue weighted by Gasteiger charge is 2.54. The van der Waals surface area contributed by atoms with Crippen LogP contribution < -0.4 is 5.32 Å². The number of nitrogens with one attached hydrogen (secondary N) is 1. The standard InChI is InChI=1S/C23H31NO3S/c1-13(2)27-21(25)19-17-5-3-4-6-18(17)28-20(19)24-22(26)23-10-14-7-15(11-23)9-16(8-14)12-23/h13-16H,3-12H2,1-2H3,(H,24,26). The first-order valence-corrected chi connectivity index (χ1v) is 11.9. The lowest BCUT2D eigenvalue weighted by Crippen LogP contribution is -2.51. The van der Waals surface area contributed by atoms with E-state index in [0.717, 1.165) is 73.3 Å². The number of fused-ring (bicyclic) bond motifs is 1. The Bertz CT molecular complexity index is 774. The average molecular weight is 402 g/mol. The van der Waals surface area contributed by atoms with E-state index in [1.807, 2.05) is 13.8 Å². The second kappa shape index (κ2) is 6.86. The van der Waals surface area contributed by atoms with Crippen molar-refractivity contribution < 1.29 is 14.3 Å². The molecule has 5 aliphatic carbocycles. The molecule has 4 fully saturated rings. The number of anilines is 1. The van der Waals surface area contributed by atoms with Crippen LogP contribution in [0.4, 0.5) is 5.00 Å². The second-order valence-corrected chi connectivity index (χ2v) is 11.1. The molecule has 6 rings (SSSR count). The molecule has 1 aromatic heterocycles. The van der Waals surface area contributed by atoms with Crippen molar-refractivity contribution >= 4 is 28.2 Å². The van der Waals surface area contributed by atoms with E-state index >= 15 is 0 Å². The van der Waals surface area contributed by atoms with E-state index < -0.39 is 0 Å². The smallest absolute Gasteiger partial charge is 0.341 e. The molecule has 0 atom stereocenters. The largest absolute Gasteiger partial charge is 0.459 e. The van der Waals surface area contributed by atoms with E-state index in [2.05, 4.69) is 5.32 Å². The zero-order valence-electron chi connectivity index (χ0n) is 17.0. The Labute approximate surface area is 171 Å². The maximum absolute atomic E-state index is 13.5. The zero-order valence-corrected chi connectivity index (χ0v) is 17.8. The fraction of sp³-hybridized carbons (Fsp3) is 0.739. The molecule has 28 heavy (non-hydrogen) atoms. The summed E-state index contributed by atoms with van der Waals surface area (Å²) < 4.78 is 5.55. The topological polar surface area (TPSA) is 55.4 Å². The number of carbonyl (C=O) groups is 2. The molecule has 0 spiro atoms. The molecule has 4 saturated carbocycles. The van der Waals surface area contributed by atoms with E-state index in [0.29, 0.717) is 5.56 Å². The van der Waals surface area contributed by atoms with Gasteiger partial charge in [-0.1, -0.05) is 0 Å². The SMILES string of the molecule is CC(C)OC(=O)c1c(NC(=O)C23CC4CC(CC(C4)C2)C3)sc2c1CCCC2. The maximum Gasteiger partial charge on any atom is 0.341 e. The van der Waals surface area contributed by atoms with Crippen LogP contribution in [0.15, 0.2) is 0 Å². The molecule has 0 aromatic carbocycles. The van der Waals surface area contributed by atoms with Crippen molar-refractivity contribution in [1.29, 1.82) is 0 Å². The van der Waals surface area contributed by atoms with Gasteiger partial charge >= 0.3 is 5.97 Å². The first kappa shape index (κ1) is 18.7. The molecule has 0 unspecified atom stereocenters. The molecule has 152 valence electrons. The molecule has 0 aliphatic heterocycles. The van der Waals surface area contributed by atoms with Gasteiger partial charge in [0.1, 0.15) is 5.00 Å². The van der Waals surface area contributed by atoms with Crippen molar-refractivity contribution in [2.24, 2.45) is 23.2 Å². The van der Waals surface area contributed by atoms with Crippen LogP contribution in [-0.4, -0.2) is 18.0 Å². The molecule has 1 aromatic rings. The quantitative estimate of drug-likeness (QED) is 0.692. The van der Waals surface area contributed by atoms with Gasteiger partial charge in [0, 0.05) is 4.88 Å². The summed E-state index contributed by atoms with van der Waals surface area (Å²) in [5.41, 5.74) is 1.58. The molecule has 1 heterocycles. The van der Waals surface area contributed by atoms with Crippen LogP contribution in [0.25, 0.3) is 0 Å². The predicted molar refractivity (Wildman–Crippen MR) is 111 cm³/mol. The number of hydrogen-bond donors (Lipinski definition) is 1. The molecular formula is C23H31NO3S. The van der Waals surface area contributed by atoms with E-state index in [9.17, 15) is 9.59 Å². The highest BCUT2D eigenvalue weighted by Crippen LogP contribution is 2.60. The Morgan fingerprint density at radius 1 is 1.04 bits per heavy atom. The van der Waals surface area contributed by atoms with Crippen molar-refractivity contribution in [2.45, 2.75) is 84.2 Å². The fourth-order valence-corrected chi connectivity index (χ4v) is 8.04. The third-order valence-corrected chi connectivity index (χ3v) is 8.67. The summed E-state index contributed by atoms with van der Waals surface area (Å²) in [6.07, 6.45) is 11.1. The second-order valence-electron chi connectivity index (χ2n) is 10.0. The van der Waals surface area contributed by atoms with E-state index in [1.54, 1.807) is 11.3 Å². The highest BCUT2D eigenvalue weighted by molar-refractivity contribution is 7.17. The summed E-state index contributed by atoms with van der Waals surface area (Å²) >= 11 is 1.62. The summed E-state index contributed by atoms with van der Waals surface area (Å²) in [5, 5.41) is 4.01. The Morgan fingerprint density at radius 2 is 1.64 bits per heavy atom.